The van der Waals surface area contributed by atoms with Crippen LogP contribution in [0.25, 0.3) is 10.1 Å². The Kier molecular flexibility index (Phi) is 4.35. The van der Waals surface area contributed by atoms with Crippen molar-refractivity contribution in [2.45, 2.75) is 26.3 Å². The Morgan fingerprint density at radius 3 is 3.00 bits per heavy atom. The van der Waals surface area contributed by atoms with E-state index in [2.05, 4.69) is 27.7 Å². The number of nitrogens with one attached hydrogen (secondary N) is 1. The number of rotatable bonds is 5. The molecule has 0 spiro atoms. The van der Waals surface area contributed by atoms with Crippen LogP contribution in [0, 0.1) is 0 Å². The quantitative estimate of drug-likeness (QED) is 0.773. The number of carbonyl (C=O) groups is 1. The summed E-state index contributed by atoms with van der Waals surface area (Å²) < 4.78 is 0.970. The third kappa shape index (κ3) is 2.95. The average molecular weight is 336 g/mol. The number of hydrogen-bond donors (Lipinski definition) is 1. The van der Waals surface area contributed by atoms with Gasteiger partial charge in [-0.3, -0.25) is 10.1 Å². The summed E-state index contributed by atoms with van der Waals surface area (Å²) in [6, 6.07) is 7.63. The molecule has 1 amide bonds. The van der Waals surface area contributed by atoms with Gasteiger partial charge >= 0.3 is 0 Å². The Morgan fingerprint density at radius 2 is 2.23 bits per heavy atom. The average Bonchev–Trinajstić information content (AvgIpc) is 3.10. The number of anilines is 1. The van der Waals surface area contributed by atoms with E-state index in [0.29, 0.717) is 16.4 Å². The van der Waals surface area contributed by atoms with E-state index >= 15 is 0 Å². The molecule has 1 aromatic carbocycles. The van der Waals surface area contributed by atoms with E-state index in [1.54, 1.807) is 0 Å². The van der Waals surface area contributed by atoms with Gasteiger partial charge in [-0.05, 0) is 17.7 Å². The van der Waals surface area contributed by atoms with Crippen molar-refractivity contribution in [3.05, 3.63) is 34.2 Å². The number of aromatic nitrogens is 4. The fourth-order valence-corrected chi connectivity index (χ4v) is 3.42. The van der Waals surface area contributed by atoms with Crippen LogP contribution in [0.15, 0.2) is 24.3 Å². The second-order valence-corrected chi connectivity index (χ2v) is 6.19. The van der Waals surface area contributed by atoms with E-state index in [4.69, 9.17) is 11.6 Å². The number of amides is 1. The van der Waals surface area contributed by atoms with Gasteiger partial charge in [-0.25, -0.2) is 0 Å². The second kappa shape index (κ2) is 6.41. The molecule has 3 rings (SSSR count). The molecular weight excluding hydrogens is 322 g/mol. The summed E-state index contributed by atoms with van der Waals surface area (Å²) in [5, 5.41) is 15.8. The number of tetrazole rings is 1. The summed E-state index contributed by atoms with van der Waals surface area (Å²) in [6.07, 6.45) is 2.01. The molecule has 0 unspecified atom stereocenters. The lowest BCUT2D eigenvalue weighted by Crippen LogP contribution is -2.12. The summed E-state index contributed by atoms with van der Waals surface area (Å²) >= 11 is 7.63. The zero-order chi connectivity index (χ0) is 15.5. The van der Waals surface area contributed by atoms with Crippen LogP contribution in [0.5, 0.6) is 0 Å². The number of aryl methyl sites for hydroxylation is 1. The molecule has 0 radical (unpaired) electrons. The number of unbranched alkanes of at least 4 members (excludes halogenated alkanes) is 1. The number of benzene rings is 1. The molecule has 1 N–H and O–H groups in total. The minimum absolute atomic E-state index is 0.189. The maximum absolute atomic E-state index is 12.3. The van der Waals surface area contributed by atoms with E-state index < -0.39 is 0 Å². The van der Waals surface area contributed by atoms with Gasteiger partial charge in [0.2, 0.25) is 0 Å². The van der Waals surface area contributed by atoms with Crippen molar-refractivity contribution in [2.24, 2.45) is 0 Å². The molecule has 0 saturated heterocycles. The fourth-order valence-electron chi connectivity index (χ4n) is 2.01. The number of thiophene rings is 1. The summed E-state index contributed by atoms with van der Waals surface area (Å²) in [5.74, 6) is -0.129. The minimum atomic E-state index is -0.318. The van der Waals surface area contributed by atoms with E-state index in [-0.39, 0.29) is 11.9 Å². The highest BCUT2D eigenvalue weighted by Gasteiger charge is 2.18. The molecule has 3 aromatic rings. The molecule has 0 aliphatic heterocycles. The molecule has 22 heavy (non-hydrogen) atoms. The van der Waals surface area contributed by atoms with Gasteiger partial charge in [-0.1, -0.05) is 48.2 Å². The Hall–Kier alpha value is -1.99. The fraction of sp³-hybridized carbons (Fsp3) is 0.286. The third-order valence-corrected chi connectivity index (χ3v) is 4.81. The Morgan fingerprint density at radius 1 is 1.41 bits per heavy atom. The molecular formula is C14H14ClN5OS. The second-order valence-electron chi connectivity index (χ2n) is 4.76. The highest BCUT2D eigenvalue weighted by Crippen LogP contribution is 2.35. The van der Waals surface area contributed by atoms with Crippen molar-refractivity contribution in [1.29, 1.82) is 0 Å². The molecule has 0 fully saturated rings. The molecule has 0 bridgehead atoms. The summed E-state index contributed by atoms with van der Waals surface area (Å²) in [7, 11) is 0. The summed E-state index contributed by atoms with van der Waals surface area (Å²) in [6.45, 7) is 2.77. The Balaban J connectivity index is 1.78. The zero-order valence-electron chi connectivity index (χ0n) is 11.9. The normalized spacial score (nSPS) is 11.0. The standard InChI is InChI=1S/C14H14ClN5OS/c1-2-3-8-20-18-14(17-19-20)16-13(21)12-11(15)9-6-4-5-7-10(9)22-12/h4-7H,2-3,8H2,1H3,(H,16,18,21). The number of hydrogen-bond acceptors (Lipinski definition) is 5. The zero-order valence-corrected chi connectivity index (χ0v) is 13.5. The monoisotopic (exact) mass is 335 g/mol. The van der Waals surface area contributed by atoms with Gasteiger partial charge in [0.1, 0.15) is 4.88 Å². The van der Waals surface area contributed by atoms with Crippen LogP contribution < -0.4 is 5.32 Å². The van der Waals surface area contributed by atoms with E-state index in [1.165, 1.54) is 16.1 Å². The van der Waals surface area contributed by atoms with Crippen molar-refractivity contribution in [2.75, 3.05) is 5.32 Å². The topological polar surface area (TPSA) is 72.7 Å². The first-order valence-corrected chi connectivity index (χ1v) is 8.14. The Labute approximate surface area is 136 Å². The largest absolute Gasteiger partial charge is 0.287 e. The molecule has 2 heterocycles. The molecule has 0 aliphatic rings. The predicted molar refractivity (Wildman–Crippen MR) is 87.5 cm³/mol. The lowest BCUT2D eigenvalue weighted by molar-refractivity contribution is 0.103. The van der Waals surface area contributed by atoms with Crippen molar-refractivity contribution >= 4 is 44.9 Å². The van der Waals surface area contributed by atoms with Gasteiger partial charge in [0, 0.05) is 10.1 Å². The maximum Gasteiger partial charge on any atom is 0.270 e. The summed E-state index contributed by atoms with van der Waals surface area (Å²) in [5.41, 5.74) is 0. The van der Waals surface area contributed by atoms with Gasteiger partial charge < -0.3 is 0 Å². The van der Waals surface area contributed by atoms with E-state index in [9.17, 15) is 4.79 Å². The Bertz CT molecular complexity index is 813. The third-order valence-electron chi connectivity index (χ3n) is 3.13. The van der Waals surface area contributed by atoms with E-state index in [1.807, 2.05) is 24.3 Å². The van der Waals surface area contributed by atoms with Crippen LogP contribution in [0.4, 0.5) is 5.95 Å². The number of halogens is 1. The molecule has 114 valence electrons. The number of nitrogens with zero attached hydrogens (tertiary/aromatic N) is 4. The van der Waals surface area contributed by atoms with Gasteiger partial charge in [-0.15, -0.1) is 16.4 Å². The van der Waals surface area contributed by atoms with Gasteiger partial charge in [-0.2, -0.15) is 4.80 Å². The van der Waals surface area contributed by atoms with Crippen LogP contribution in [0.3, 0.4) is 0 Å². The minimum Gasteiger partial charge on any atom is -0.287 e. The predicted octanol–water partition coefficient (Wildman–Crippen LogP) is 3.59. The van der Waals surface area contributed by atoms with Crippen molar-refractivity contribution in [3.8, 4) is 0 Å². The van der Waals surface area contributed by atoms with Gasteiger partial charge in [0.15, 0.2) is 0 Å². The van der Waals surface area contributed by atoms with Crippen LogP contribution in [0.2, 0.25) is 5.02 Å². The molecule has 2 aromatic heterocycles. The van der Waals surface area contributed by atoms with Crippen molar-refractivity contribution in [1.82, 2.24) is 20.2 Å². The smallest absolute Gasteiger partial charge is 0.270 e. The SMILES string of the molecule is CCCCn1nnc(NC(=O)c2sc3ccccc3c2Cl)n1. The van der Waals surface area contributed by atoms with Crippen LogP contribution in [-0.2, 0) is 6.54 Å². The first-order valence-electron chi connectivity index (χ1n) is 6.95. The van der Waals surface area contributed by atoms with Crippen LogP contribution in [0.1, 0.15) is 29.4 Å². The van der Waals surface area contributed by atoms with Crippen molar-refractivity contribution in [3.63, 3.8) is 0 Å². The van der Waals surface area contributed by atoms with Crippen LogP contribution >= 0.6 is 22.9 Å². The molecule has 0 atom stereocenters. The first kappa shape index (κ1) is 14.9. The highest BCUT2D eigenvalue weighted by molar-refractivity contribution is 7.21. The summed E-state index contributed by atoms with van der Waals surface area (Å²) in [4.78, 5) is 14.3. The first-order chi connectivity index (χ1) is 10.7. The van der Waals surface area contributed by atoms with Gasteiger partial charge in [0.25, 0.3) is 11.9 Å². The molecule has 8 heteroatoms. The van der Waals surface area contributed by atoms with E-state index in [0.717, 1.165) is 22.9 Å². The molecule has 0 saturated carbocycles. The lowest BCUT2D eigenvalue weighted by atomic mass is 10.2. The highest BCUT2D eigenvalue weighted by atomic mass is 35.5. The number of fused-ring (bicyclic) bond motifs is 1. The molecule has 0 aliphatic carbocycles. The number of carbonyl (C=O) groups excluding carboxylic acids is 1. The lowest BCUT2D eigenvalue weighted by Gasteiger charge is -1.98. The molecule has 6 nitrogen and oxygen atoms in total. The maximum atomic E-state index is 12.3. The van der Waals surface area contributed by atoms with Gasteiger partial charge in [0.05, 0.1) is 11.6 Å². The van der Waals surface area contributed by atoms with Crippen molar-refractivity contribution < 1.29 is 4.79 Å². The van der Waals surface area contributed by atoms with Crippen LogP contribution in [-0.4, -0.2) is 26.1 Å².